The SMILES string of the molecule is CC(C)c1cnc(N)c(N)c1C1CC1. The molecule has 0 aromatic carbocycles. The van der Waals surface area contributed by atoms with Crippen molar-refractivity contribution in [3.05, 3.63) is 17.3 Å². The fourth-order valence-corrected chi connectivity index (χ4v) is 1.86. The van der Waals surface area contributed by atoms with Crippen LogP contribution in [0.15, 0.2) is 6.20 Å². The maximum Gasteiger partial charge on any atom is 0.146 e. The number of hydrogen-bond donors (Lipinski definition) is 2. The molecule has 1 aromatic rings. The Bertz CT molecular complexity index is 354. The minimum atomic E-state index is 0.473. The highest BCUT2D eigenvalue weighted by Crippen LogP contribution is 2.46. The molecule has 1 saturated carbocycles. The average Bonchev–Trinajstić information content (AvgIpc) is 2.92. The molecule has 4 N–H and O–H groups in total. The lowest BCUT2D eigenvalue weighted by atomic mass is 9.95. The van der Waals surface area contributed by atoms with Gasteiger partial charge in [0.2, 0.25) is 0 Å². The van der Waals surface area contributed by atoms with Crippen LogP contribution in [0.5, 0.6) is 0 Å². The van der Waals surface area contributed by atoms with Gasteiger partial charge in [0, 0.05) is 6.20 Å². The molecule has 2 rings (SSSR count). The van der Waals surface area contributed by atoms with E-state index in [-0.39, 0.29) is 0 Å². The lowest BCUT2D eigenvalue weighted by molar-refractivity contribution is 0.835. The first-order chi connectivity index (χ1) is 6.61. The molecule has 0 saturated heterocycles. The average molecular weight is 191 g/mol. The molecule has 3 nitrogen and oxygen atoms in total. The van der Waals surface area contributed by atoms with Crippen molar-refractivity contribution < 1.29 is 0 Å². The second-order valence-corrected chi connectivity index (χ2v) is 4.36. The third-order valence-corrected chi connectivity index (χ3v) is 2.83. The number of pyridine rings is 1. The summed E-state index contributed by atoms with van der Waals surface area (Å²) in [4.78, 5) is 4.12. The van der Waals surface area contributed by atoms with Crippen LogP contribution in [0, 0.1) is 0 Å². The van der Waals surface area contributed by atoms with Crippen molar-refractivity contribution in [2.75, 3.05) is 11.5 Å². The Morgan fingerprint density at radius 2 is 2.00 bits per heavy atom. The summed E-state index contributed by atoms with van der Waals surface area (Å²) in [5.74, 6) is 1.59. The predicted octanol–water partition coefficient (Wildman–Crippen LogP) is 2.25. The molecule has 1 aliphatic carbocycles. The lowest BCUT2D eigenvalue weighted by Gasteiger charge is -2.15. The van der Waals surface area contributed by atoms with Crippen molar-refractivity contribution in [1.29, 1.82) is 0 Å². The monoisotopic (exact) mass is 191 g/mol. The zero-order valence-electron chi connectivity index (χ0n) is 8.75. The van der Waals surface area contributed by atoms with Crippen molar-refractivity contribution in [2.45, 2.75) is 38.5 Å². The molecule has 0 unspecified atom stereocenters. The van der Waals surface area contributed by atoms with Gasteiger partial charge in [0.15, 0.2) is 0 Å². The van der Waals surface area contributed by atoms with Crippen LogP contribution in [0.25, 0.3) is 0 Å². The summed E-state index contributed by atoms with van der Waals surface area (Å²) in [6.07, 6.45) is 4.37. The first-order valence-electron chi connectivity index (χ1n) is 5.15. The molecule has 0 spiro atoms. The summed E-state index contributed by atoms with van der Waals surface area (Å²) in [5, 5.41) is 0. The minimum Gasteiger partial charge on any atom is -0.396 e. The first kappa shape index (κ1) is 9.31. The lowest BCUT2D eigenvalue weighted by Crippen LogP contribution is -2.06. The summed E-state index contributed by atoms with van der Waals surface area (Å²) < 4.78 is 0. The number of nitrogen functional groups attached to an aromatic ring is 2. The topological polar surface area (TPSA) is 64.9 Å². The van der Waals surface area contributed by atoms with E-state index in [1.807, 2.05) is 6.20 Å². The third-order valence-electron chi connectivity index (χ3n) is 2.83. The summed E-state index contributed by atoms with van der Waals surface area (Å²) in [7, 11) is 0. The number of anilines is 2. The molecule has 0 amide bonds. The molecule has 76 valence electrons. The van der Waals surface area contributed by atoms with Gasteiger partial charge in [-0.2, -0.15) is 0 Å². The Kier molecular flexibility index (Phi) is 2.10. The van der Waals surface area contributed by atoms with Gasteiger partial charge in [0.1, 0.15) is 5.82 Å². The van der Waals surface area contributed by atoms with E-state index in [4.69, 9.17) is 11.5 Å². The maximum absolute atomic E-state index is 5.97. The van der Waals surface area contributed by atoms with Crippen LogP contribution in [0.4, 0.5) is 11.5 Å². The normalized spacial score (nSPS) is 16.2. The smallest absolute Gasteiger partial charge is 0.146 e. The van der Waals surface area contributed by atoms with Crippen LogP contribution in [-0.2, 0) is 0 Å². The third kappa shape index (κ3) is 1.43. The molecule has 14 heavy (non-hydrogen) atoms. The van der Waals surface area contributed by atoms with Gasteiger partial charge in [0.05, 0.1) is 5.69 Å². The highest BCUT2D eigenvalue weighted by Gasteiger charge is 2.29. The first-order valence-corrected chi connectivity index (χ1v) is 5.15. The van der Waals surface area contributed by atoms with E-state index in [1.165, 1.54) is 24.0 Å². The molecule has 0 radical (unpaired) electrons. The van der Waals surface area contributed by atoms with Crippen LogP contribution in [0.3, 0.4) is 0 Å². The van der Waals surface area contributed by atoms with Crippen molar-refractivity contribution in [2.24, 2.45) is 0 Å². The zero-order valence-corrected chi connectivity index (χ0v) is 8.75. The van der Waals surface area contributed by atoms with Gasteiger partial charge >= 0.3 is 0 Å². The van der Waals surface area contributed by atoms with E-state index < -0.39 is 0 Å². The van der Waals surface area contributed by atoms with Gasteiger partial charge in [-0.3, -0.25) is 0 Å². The van der Waals surface area contributed by atoms with Crippen LogP contribution in [0.2, 0.25) is 0 Å². The van der Waals surface area contributed by atoms with Crippen molar-refractivity contribution in [1.82, 2.24) is 4.98 Å². The standard InChI is InChI=1S/C11H17N3/c1-6(2)8-5-14-11(13)10(12)9(8)7-3-4-7/h5-7H,3-4,12H2,1-2H3,(H2,13,14). The van der Waals surface area contributed by atoms with Crippen LogP contribution >= 0.6 is 0 Å². The molecule has 1 aliphatic rings. The molecule has 1 heterocycles. The van der Waals surface area contributed by atoms with E-state index >= 15 is 0 Å². The number of aromatic nitrogens is 1. The summed E-state index contributed by atoms with van der Waals surface area (Å²) in [6.45, 7) is 4.33. The molecule has 0 atom stereocenters. The maximum atomic E-state index is 5.97. The van der Waals surface area contributed by atoms with Crippen molar-refractivity contribution in [3.8, 4) is 0 Å². The molecule has 0 aliphatic heterocycles. The van der Waals surface area contributed by atoms with Gasteiger partial charge < -0.3 is 11.5 Å². The van der Waals surface area contributed by atoms with Crippen LogP contribution in [0.1, 0.15) is 49.7 Å². The quantitative estimate of drug-likeness (QED) is 0.753. The van der Waals surface area contributed by atoms with Gasteiger partial charge in [-0.05, 0) is 35.8 Å². The number of nitrogens with zero attached hydrogens (tertiary/aromatic N) is 1. The van der Waals surface area contributed by atoms with Gasteiger partial charge in [-0.25, -0.2) is 4.98 Å². The Labute approximate surface area is 84.5 Å². The second-order valence-electron chi connectivity index (χ2n) is 4.36. The van der Waals surface area contributed by atoms with Gasteiger partial charge in [-0.15, -0.1) is 0 Å². The predicted molar refractivity (Wildman–Crippen MR) is 59.1 cm³/mol. The Hall–Kier alpha value is -1.25. The van der Waals surface area contributed by atoms with E-state index in [2.05, 4.69) is 18.8 Å². The van der Waals surface area contributed by atoms with Crippen LogP contribution in [-0.4, -0.2) is 4.98 Å². The zero-order chi connectivity index (χ0) is 10.3. The van der Waals surface area contributed by atoms with E-state index in [0.29, 0.717) is 23.3 Å². The van der Waals surface area contributed by atoms with Crippen molar-refractivity contribution in [3.63, 3.8) is 0 Å². The highest BCUT2D eigenvalue weighted by molar-refractivity contribution is 5.67. The fourth-order valence-electron chi connectivity index (χ4n) is 1.86. The second kappa shape index (κ2) is 3.15. The van der Waals surface area contributed by atoms with Gasteiger partial charge in [-0.1, -0.05) is 13.8 Å². The Morgan fingerprint density at radius 3 is 2.50 bits per heavy atom. The van der Waals surface area contributed by atoms with Gasteiger partial charge in [0.25, 0.3) is 0 Å². The molecule has 1 fully saturated rings. The summed E-state index contributed by atoms with van der Waals surface area (Å²) in [5.41, 5.74) is 14.9. The fraction of sp³-hybridized carbons (Fsp3) is 0.545. The van der Waals surface area contributed by atoms with Crippen molar-refractivity contribution >= 4 is 11.5 Å². The molecule has 3 heteroatoms. The number of nitrogens with two attached hydrogens (primary N) is 2. The molecular formula is C11H17N3. The minimum absolute atomic E-state index is 0.473. The van der Waals surface area contributed by atoms with Crippen LogP contribution < -0.4 is 11.5 Å². The Balaban J connectivity index is 2.54. The molecule has 1 aromatic heterocycles. The summed E-state index contributed by atoms with van der Waals surface area (Å²) in [6, 6.07) is 0. The number of rotatable bonds is 2. The Morgan fingerprint density at radius 1 is 1.36 bits per heavy atom. The molecular weight excluding hydrogens is 174 g/mol. The van der Waals surface area contributed by atoms with E-state index in [1.54, 1.807) is 0 Å². The number of hydrogen-bond acceptors (Lipinski definition) is 3. The van der Waals surface area contributed by atoms with E-state index in [0.717, 1.165) is 0 Å². The molecule has 0 bridgehead atoms. The largest absolute Gasteiger partial charge is 0.396 e. The summed E-state index contributed by atoms with van der Waals surface area (Å²) >= 11 is 0. The highest BCUT2D eigenvalue weighted by atomic mass is 14.9. The van der Waals surface area contributed by atoms with E-state index in [9.17, 15) is 0 Å².